The predicted octanol–water partition coefficient (Wildman–Crippen LogP) is 3.24. The number of likely N-dealkylation sites (N-methyl/N-ethyl adjacent to an activating group) is 1. The third-order valence-corrected chi connectivity index (χ3v) is 3.47. The van der Waals surface area contributed by atoms with Crippen molar-refractivity contribution in [1.82, 2.24) is 4.90 Å². The molecule has 84 valence electrons. The highest BCUT2D eigenvalue weighted by Crippen LogP contribution is 2.30. The minimum Gasteiger partial charge on any atom is -0.461 e. The number of hydrogen-bond acceptors (Lipinski definition) is 2. The zero-order valence-corrected chi connectivity index (χ0v) is 9.65. The first-order chi connectivity index (χ1) is 7.83. The molecule has 1 fully saturated rings. The van der Waals surface area contributed by atoms with Gasteiger partial charge in [0.15, 0.2) is 0 Å². The van der Waals surface area contributed by atoms with E-state index in [4.69, 9.17) is 4.42 Å². The van der Waals surface area contributed by atoms with Crippen LogP contribution in [-0.2, 0) is 0 Å². The smallest absolute Gasteiger partial charge is 0.134 e. The van der Waals surface area contributed by atoms with E-state index in [1.807, 2.05) is 12.1 Å². The Morgan fingerprint density at radius 1 is 1.31 bits per heavy atom. The lowest BCUT2D eigenvalue weighted by Gasteiger charge is -2.28. The lowest BCUT2D eigenvalue weighted by molar-refractivity contribution is 0.236. The molecule has 0 saturated carbocycles. The number of likely N-dealkylation sites (tertiary alicyclic amines) is 1. The van der Waals surface area contributed by atoms with Crippen molar-refractivity contribution in [3.63, 3.8) is 0 Å². The number of para-hydroxylation sites is 1. The number of benzene rings is 1. The van der Waals surface area contributed by atoms with Gasteiger partial charge in [-0.25, -0.2) is 0 Å². The fraction of sp³-hybridized carbons (Fsp3) is 0.429. The standard InChI is InChI=1S/C14H17NO/c1-15-8-4-6-12(10-15)14-9-11-5-2-3-7-13(11)16-14/h2-3,5,7,9,12H,4,6,8,10H2,1H3. The molecule has 2 aromatic rings. The molecule has 0 spiro atoms. The van der Waals surface area contributed by atoms with Gasteiger partial charge in [-0.3, -0.25) is 0 Å². The van der Waals surface area contributed by atoms with Gasteiger partial charge in [0.1, 0.15) is 11.3 Å². The van der Waals surface area contributed by atoms with Crippen LogP contribution in [0.1, 0.15) is 24.5 Å². The normalized spacial score (nSPS) is 22.7. The minimum absolute atomic E-state index is 0.575. The monoisotopic (exact) mass is 215 g/mol. The fourth-order valence-corrected chi connectivity index (χ4v) is 2.60. The highest BCUT2D eigenvalue weighted by Gasteiger charge is 2.21. The molecule has 2 nitrogen and oxygen atoms in total. The Bertz CT molecular complexity index is 455. The Kier molecular flexibility index (Phi) is 2.44. The van der Waals surface area contributed by atoms with Gasteiger partial charge in [-0.05, 0) is 38.6 Å². The molecule has 16 heavy (non-hydrogen) atoms. The van der Waals surface area contributed by atoms with Crippen molar-refractivity contribution < 1.29 is 4.42 Å². The van der Waals surface area contributed by atoms with E-state index in [2.05, 4.69) is 30.1 Å². The highest BCUT2D eigenvalue weighted by atomic mass is 16.3. The van der Waals surface area contributed by atoms with Crippen molar-refractivity contribution in [3.05, 3.63) is 36.1 Å². The van der Waals surface area contributed by atoms with Crippen LogP contribution in [-0.4, -0.2) is 25.0 Å². The number of hydrogen-bond donors (Lipinski definition) is 0. The summed E-state index contributed by atoms with van der Waals surface area (Å²) in [5, 5.41) is 1.23. The van der Waals surface area contributed by atoms with E-state index in [-0.39, 0.29) is 0 Å². The van der Waals surface area contributed by atoms with Crippen LogP contribution in [0, 0.1) is 0 Å². The molecule has 1 aliphatic heterocycles. The van der Waals surface area contributed by atoms with E-state index in [1.54, 1.807) is 0 Å². The summed E-state index contributed by atoms with van der Waals surface area (Å²) in [5.41, 5.74) is 1.02. The van der Waals surface area contributed by atoms with Crippen LogP contribution in [0.15, 0.2) is 34.7 Å². The first-order valence-corrected chi connectivity index (χ1v) is 6.00. The molecule has 0 radical (unpaired) electrons. The molecule has 0 bridgehead atoms. The lowest BCUT2D eigenvalue weighted by Crippen LogP contribution is -2.30. The number of piperidine rings is 1. The molecule has 1 atom stereocenters. The van der Waals surface area contributed by atoms with Gasteiger partial charge in [0.05, 0.1) is 0 Å². The number of rotatable bonds is 1. The molecule has 1 aromatic carbocycles. The average molecular weight is 215 g/mol. The summed E-state index contributed by atoms with van der Waals surface area (Å²) in [6.07, 6.45) is 2.53. The van der Waals surface area contributed by atoms with E-state index < -0.39 is 0 Å². The largest absolute Gasteiger partial charge is 0.461 e. The third kappa shape index (κ3) is 1.74. The zero-order chi connectivity index (χ0) is 11.0. The topological polar surface area (TPSA) is 16.4 Å². The maximum absolute atomic E-state index is 5.93. The summed E-state index contributed by atoms with van der Waals surface area (Å²) in [4.78, 5) is 2.39. The highest BCUT2D eigenvalue weighted by molar-refractivity contribution is 5.77. The zero-order valence-electron chi connectivity index (χ0n) is 9.65. The van der Waals surface area contributed by atoms with E-state index in [1.165, 1.54) is 24.8 Å². The van der Waals surface area contributed by atoms with Gasteiger partial charge < -0.3 is 9.32 Å². The maximum Gasteiger partial charge on any atom is 0.134 e. The van der Waals surface area contributed by atoms with Crippen molar-refractivity contribution in [1.29, 1.82) is 0 Å². The Morgan fingerprint density at radius 3 is 3.00 bits per heavy atom. The quantitative estimate of drug-likeness (QED) is 0.726. The van der Waals surface area contributed by atoms with Crippen LogP contribution in [0.25, 0.3) is 11.0 Å². The van der Waals surface area contributed by atoms with Gasteiger partial charge in [0, 0.05) is 17.8 Å². The predicted molar refractivity (Wildman–Crippen MR) is 65.7 cm³/mol. The van der Waals surface area contributed by atoms with E-state index in [9.17, 15) is 0 Å². The van der Waals surface area contributed by atoms with Crippen molar-refractivity contribution in [2.45, 2.75) is 18.8 Å². The third-order valence-electron chi connectivity index (χ3n) is 3.47. The van der Waals surface area contributed by atoms with Crippen LogP contribution >= 0.6 is 0 Å². The first-order valence-electron chi connectivity index (χ1n) is 6.00. The molecule has 0 N–H and O–H groups in total. The van der Waals surface area contributed by atoms with Crippen LogP contribution in [0.2, 0.25) is 0 Å². The molecule has 1 saturated heterocycles. The summed E-state index contributed by atoms with van der Waals surface area (Å²) in [6, 6.07) is 10.5. The molecule has 1 unspecified atom stereocenters. The van der Waals surface area contributed by atoms with E-state index >= 15 is 0 Å². The summed E-state index contributed by atoms with van der Waals surface area (Å²) in [5.74, 6) is 1.74. The SMILES string of the molecule is CN1CCCC(c2cc3ccccc3o2)C1. The lowest BCUT2D eigenvalue weighted by atomic mass is 9.96. The van der Waals surface area contributed by atoms with Gasteiger partial charge in [0.2, 0.25) is 0 Å². The Labute approximate surface area is 95.9 Å². The molecular weight excluding hydrogens is 198 g/mol. The van der Waals surface area contributed by atoms with E-state index in [0.29, 0.717) is 5.92 Å². The number of fused-ring (bicyclic) bond motifs is 1. The van der Waals surface area contributed by atoms with Crippen LogP contribution in [0.4, 0.5) is 0 Å². The van der Waals surface area contributed by atoms with Gasteiger partial charge in [-0.2, -0.15) is 0 Å². The second kappa shape index (κ2) is 3.95. The van der Waals surface area contributed by atoms with Gasteiger partial charge >= 0.3 is 0 Å². The maximum atomic E-state index is 5.93. The molecule has 1 aliphatic rings. The number of furan rings is 1. The van der Waals surface area contributed by atoms with Crippen molar-refractivity contribution in [2.24, 2.45) is 0 Å². The average Bonchev–Trinajstić information content (AvgIpc) is 2.72. The molecule has 3 rings (SSSR count). The van der Waals surface area contributed by atoms with Gasteiger partial charge in [-0.15, -0.1) is 0 Å². The second-order valence-electron chi connectivity index (χ2n) is 4.79. The number of nitrogens with zero attached hydrogens (tertiary/aromatic N) is 1. The van der Waals surface area contributed by atoms with Gasteiger partial charge in [-0.1, -0.05) is 18.2 Å². The second-order valence-corrected chi connectivity index (χ2v) is 4.79. The summed E-state index contributed by atoms with van der Waals surface area (Å²) in [7, 11) is 2.19. The minimum atomic E-state index is 0.575. The van der Waals surface area contributed by atoms with E-state index in [0.717, 1.165) is 17.9 Å². The van der Waals surface area contributed by atoms with Crippen LogP contribution in [0.3, 0.4) is 0 Å². The summed E-state index contributed by atoms with van der Waals surface area (Å²) < 4.78 is 5.93. The van der Waals surface area contributed by atoms with Crippen LogP contribution < -0.4 is 0 Å². The van der Waals surface area contributed by atoms with Crippen molar-refractivity contribution in [2.75, 3.05) is 20.1 Å². The molecule has 0 amide bonds. The molecule has 0 aliphatic carbocycles. The summed E-state index contributed by atoms with van der Waals surface area (Å²) in [6.45, 7) is 2.34. The first kappa shape index (κ1) is 9.91. The molecule has 2 heteroatoms. The Hall–Kier alpha value is -1.28. The van der Waals surface area contributed by atoms with Gasteiger partial charge in [0.25, 0.3) is 0 Å². The van der Waals surface area contributed by atoms with Crippen molar-refractivity contribution in [3.8, 4) is 0 Å². The van der Waals surface area contributed by atoms with Crippen LogP contribution in [0.5, 0.6) is 0 Å². The van der Waals surface area contributed by atoms with Crippen molar-refractivity contribution >= 4 is 11.0 Å². The Morgan fingerprint density at radius 2 is 2.19 bits per heavy atom. The summed E-state index contributed by atoms with van der Waals surface area (Å²) >= 11 is 0. The Balaban J connectivity index is 1.93. The molecular formula is C14H17NO. The fourth-order valence-electron chi connectivity index (χ4n) is 2.60. The molecule has 1 aromatic heterocycles. The molecule has 2 heterocycles.